The highest BCUT2D eigenvalue weighted by atomic mass is 16.6. The second-order valence-corrected chi connectivity index (χ2v) is 5.33. The SMILES string of the molecule is CC(C)(C)OC(=O)C(C)(CN)c1cc[c]cc1. The second kappa shape index (κ2) is 4.88. The molecule has 0 spiro atoms. The van der Waals surface area contributed by atoms with E-state index in [1.807, 2.05) is 32.9 Å². The topological polar surface area (TPSA) is 52.3 Å². The van der Waals surface area contributed by atoms with Gasteiger partial charge in [-0.25, -0.2) is 0 Å². The lowest BCUT2D eigenvalue weighted by molar-refractivity contribution is -0.161. The molecule has 0 amide bonds. The highest BCUT2D eigenvalue weighted by molar-refractivity contribution is 5.83. The van der Waals surface area contributed by atoms with Gasteiger partial charge in [0.1, 0.15) is 11.0 Å². The van der Waals surface area contributed by atoms with Crippen molar-refractivity contribution < 1.29 is 9.53 Å². The first-order chi connectivity index (χ1) is 7.79. The van der Waals surface area contributed by atoms with Gasteiger partial charge in [-0.1, -0.05) is 24.3 Å². The van der Waals surface area contributed by atoms with Gasteiger partial charge in [0.2, 0.25) is 0 Å². The number of rotatable bonds is 3. The number of hydrogen-bond donors (Lipinski definition) is 1. The van der Waals surface area contributed by atoms with E-state index in [0.29, 0.717) is 0 Å². The van der Waals surface area contributed by atoms with Gasteiger partial charge < -0.3 is 10.5 Å². The molecule has 0 fully saturated rings. The molecule has 1 aromatic carbocycles. The zero-order valence-corrected chi connectivity index (χ0v) is 10.9. The number of esters is 1. The van der Waals surface area contributed by atoms with E-state index in [-0.39, 0.29) is 12.5 Å². The molecule has 1 radical (unpaired) electrons. The molecule has 0 aliphatic rings. The van der Waals surface area contributed by atoms with Gasteiger partial charge in [-0.3, -0.25) is 4.79 Å². The van der Waals surface area contributed by atoms with Crippen molar-refractivity contribution in [3.8, 4) is 0 Å². The van der Waals surface area contributed by atoms with Crippen LogP contribution in [-0.4, -0.2) is 18.1 Å². The minimum atomic E-state index is -0.803. The third kappa shape index (κ3) is 3.30. The van der Waals surface area contributed by atoms with Crippen molar-refractivity contribution in [2.45, 2.75) is 38.7 Å². The van der Waals surface area contributed by atoms with Gasteiger partial charge in [-0.05, 0) is 39.3 Å². The van der Waals surface area contributed by atoms with Crippen LogP contribution in [0.4, 0.5) is 0 Å². The molecule has 1 rings (SSSR count). The van der Waals surface area contributed by atoms with Crippen LogP contribution >= 0.6 is 0 Å². The summed E-state index contributed by atoms with van der Waals surface area (Å²) in [6.45, 7) is 7.56. The lowest BCUT2D eigenvalue weighted by Gasteiger charge is -2.30. The van der Waals surface area contributed by atoms with Gasteiger partial charge in [-0.2, -0.15) is 0 Å². The average Bonchev–Trinajstić information content (AvgIpc) is 2.27. The summed E-state index contributed by atoms with van der Waals surface area (Å²) >= 11 is 0. The predicted octanol–water partition coefficient (Wildman–Crippen LogP) is 2.04. The van der Waals surface area contributed by atoms with Crippen LogP contribution in [0, 0.1) is 6.07 Å². The van der Waals surface area contributed by atoms with Crippen LogP contribution in [0.5, 0.6) is 0 Å². The quantitative estimate of drug-likeness (QED) is 0.814. The lowest BCUT2D eigenvalue weighted by atomic mass is 9.82. The van der Waals surface area contributed by atoms with E-state index in [1.165, 1.54) is 0 Å². The van der Waals surface area contributed by atoms with Crippen LogP contribution in [0.1, 0.15) is 33.3 Å². The van der Waals surface area contributed by atoms with Gasteiger partial charge in [0.25, 0.3) is 0 Å². The molecule has 0 saturated carbocycles. The van der Waals surface area contributed by atoms with Gasteiger partial charge >= 0.3 is 5.97 Å². The molecule has 0 bridgehead atoms. The Hall–Kier alpha value is -1.35. The normalized spacial score (nSPS) is 15.1. The molecular weight excluding hydrogens is 214 g/mol. The molecule has 0 aliphatic carbocycles. The van der Waals surface area contributed by atoms with Gasteiger partial charge in [0.05, 0.1) is 0 Å². The first-order valence-corrected chi connectivity index (χ1v) is 5.70. The maximum atomic E-state index is 12.2. The van der Waals surface area contributed by atoms with Crippen LogP contribution in [0.25, 0.3) is 0 Å². The summed E-state index contributed by atoms with van der Waals surface area (Å²) in [4.78, 5) is 12.2. The molecule has 0 heterocycles. The Balaban J connectivity index is 3.01. The molecule has 93 valence electrons. The number of carbonyl (C=O) groups is 1. The smallest absolute Gasteiger partial charge is 0.318 e. The Labute approximate surface area is 103 Å². The molecule has 0 saturated heterocycles. The Morgan fingerprint density at radius 3 is 2.24 bits per heavy atom. The van der Waals surface area contributed by atoms with Crippen molar-refractivity contribution in [2.75, 3.05) is 6.54 Å². The molecule has 2 N–H and O–H groups in total. The minimum Gasteiger partial charge on any atom is -0.459 e. The van der Waals surface area contributed by atoms with Crippen molar-refractivity contribution >= 4 is 5.97 Å². The second-order valence-electron chi connectivity index (χ2n) is 5.33. The lowest BCUT2D eigenvalue weighted by Crippen LogP contribution is -2.44. The highest BCUT2D eigenvalue weighted by Crippen LogP contribution is 2.26. The van der Waals surface area contributed by atoms with Gasteiger partial charge in [-0.15, -0.1) is 0 Å². The zero-order valence-electron chi connectivity index (χ0n) is 10.9. The van der Waals surface area contributed by atoms with Crippen molar-refractivity contribution in [3.05, 3.63) is 35.9 Å². The van der Waals surface area contributed by atoms with Crippen LogP contribution < -0.4 is 5.73 Å². The zero-order chi connectivity index (χ0) is 13.1. The Morgan fingerprint density at radius 1 is 1.29 bits per heavy atom. The largest absolute Gasteiger partial charge is 0.459 e. The highest BCUT2D eigenvalue weighted by Gasteiger charge is 2.37. The standard InChI is InChI=1S/C14H20NO2/c1-13(2,3)17-12(16)14(4,10-15)11-8-6-5-7-9-11/h6-9H,10,15H2,1-4H3. The van der Waals surface area contributed by atoms with Crippen molar-refractivity contribution in [1.29, 1.82) is 0 Å². The van der Waals surface area contributed by atoms with Crippen molar-refractivity contribution in [3.63, 3.8) is 0 Å². The van der Waals surface area contributed by atoms with Crippen molar-refractivity contribution in [2.24, 2.45) is 5.73 Å². The average molecular weight is 234 g/mol. The van der Waals surface area contributed by atoms with Crippen molar-refractivity contribution in [1.82, 2.24) is 0 Å². The van der Waals surface area contributed by atoms with Gasteiger partial charge in [0.15, 0.2) is 0 Å². The third-order valence-corrected chi connectivity index (χ3v) is 2.61. The molecule has 17 heavy (non-hydrogen) atoms. The van der Waals surface area contributed by atoms with Gasteiger partial charge in [0, 0.05) is 6.54 Å². The molecule has 3 heteroatoms. The summed E-state index contributed by atoms with van der Waals surface area (Å²) in [5.41, 5.74) is 5.29. The predicted molar refractivity (Wildman–Crippen MR) is 67.5 cm³/mol. The van der Waals surface area contributed by atoms with E-state index in [1.54, 1.807) is 19.1 Å². The maximum Gasteiger partial charge on any atom is 0.318 e. The fourth-order valence-corrected chi connectivity index (χ4v) is 1.46. The fourth-order valence-electron chi connectivity index (χ4n) is 1.46. The fraction of sp³-hybridized carbons (Fsp3) is 0.500. The van der Waals surface area contributed by atoms with E-state index >= 15 is 0 Å². The molecular formula is C14H20NO2. The summed E-state index contributed by atoms with van der Waals surface area (Å²) < 4.78 is 5.42. The molecule has 1 aromatic rings. The van der Waals surface area contributed by atoms with Crippen LogP contribution in [0.3, 0.4) is 0 Å². The monoisotopic (exact) mass is 234 g/mol. The Morgan fingerprint density at radius 2 is 1.82 bits per heavy atom. The number of nitrogens with two attached hydrogens (primary N) is 1. The summed E-state index contributed by atoms with van der Waals surface area (Å²) in [6, 6.07) is 10.2. The minimum absolute atomic E-state index is 0.214. The Bertz CT molecular complexity index is 381. The molecule has 0 aliphatic heterocycles. The van der Waals surface area contributed by atoms with Crippen LogP contribution in [-0.2, 0) is 14.9 Å². The maximum absolute atomic E-state index is 12.2. The van der Waals surface area contributed by atoms with E-state index in [4.69, 9.17) is 10.5 Å². The number of benzene rings is 1. The number of ether oxygens (including phenoxy) is 1. The summed E-state index contributed by atoms with van der Waals surface area (Å²) in [5, 5.41) is 0. The van der Waals surface area contributed by atoms with E-state index < -0.39 is 11.0 Å². The molecule has 3 nitrogen and oxygen atoms in total. The van der Waals surface area contributed by atoms with E-state index in [9.17, 15) is 4.79 Å². The summed E-state index contributed by atoms with van der Waals surface area (Å²) in [6.07, 6.45) is 0. The van der Waals surface area contributed by atoms with Crippen LogP contribution in [0.15, 0.2) is 24.3 Å². The van der Waals surface area contributed by atoms with E-state index in [0.717, 1.165) is 5.56 Å². The van der Waals surface area contributed by atoms with Crippen LogP contribution in [0.2, 0.25) is 0 Å². The molecule has 0 aromatic heterocycles. The summed E-state index contributed by atoms with van der Waals surface area (Å²) in [7, 11) is 0. The Kier molecular flexibility index (Phi) is 3.94. The molecule has 1 atom stereocenters. The first kappa shape index (κ1) is 13.7. The molecule has 1 unspecified atom stereocenters. The number of carbonyl (C=O) groups excluding carboxylic acids is 1. The summed E-state index contributed by atoms with van der Waals surface area (Å²) in [5.74, 6) is -0.293. The third-order valence-electron chi connectivity index (χ3n) is 2.61. The number of hydrogen-bond acceptors (Lipinski definition) is 3. The van der Waals surface area contributed by atoms with E-state index in [2.05, 4.69) is 6.07 Å². The first-order valence-electron chi connectivity index (χ1n) is 5.70.